The van der Waals surface area contributed by atoms with Crippen LogP contribution < -0.4 is 4.72 Å². The number of thiophene rings is 1. The lowest BCUT2D eigenvalue weighted by atomic mass is 10.0. The fraction of sp³-hybridized carbons (Fsp3) is 0.286. The van der Waals surface area contributed by atoms with Crippen molar-refractivity contribution < 1.29 is 8.42 Å². The quantitative estimate of drug-likeness (QED) is 0.939. The van der Waals surface area contributed by atoms with Crippen LogP contribution in [0.15, 0.2) is 39.9 Å². The molecule has 0 aliphatic heterocycles. The summed E-state index contributed by atoms with van der Waals surface area (Å²) in [4.78, 5) is 0. The van der Waals surface area contributed by atoms with Gasteiger partial charge in [-0.1, -0.05) is 29.8 Å². The molecule has 1 aromatic carbocycles. The monoisotopic (exact) mass is 295 g/mol. The van der Waals surface area contributed by atoms with Gasteiger partial charge in [-0.05, 0) is 43.3 Å². The molecule has 0 spiro atoms. The Morgan fingerprint density at radius 2 is 1.95 bits per heavy atom. The molecule has 0 aliphatic carbocycles. The number of hydrogen-bond acceptors (Lipinski definition) is 3. The van der Waals surface area contributed by atoms with Crippen molar-refractivity contribution >= 4 is 21.4 Å². The lowest BCUT2D eigenvalue weighted by Gasteiger charge is -2.16. The third-order valence-electron chi connectivity index (χ3n) is 2.99. The first-order valence-corrected chi connectivity index (χ1v) is 8.39. The van der Waals surface area contributed by atoms with E-state index in [0.29, 0.717) is 4.21 Å². The largest absolute Gasteiger partial charge is 0.250 e. The van der Waals surface area contributed by atoms with Gasteiger partial charge >= 0.3 is 0 Å². The van der Waals surface area contributed by atoms with Crippen molar-refractivity contribution in [3.05, 3.63) is 52.4 Å². The van der Waals surface area contributed by atoms with E-state index in [0.717, 1.165) is 16.7 Å². The van der Waals surface area contributed by atoms with Crippen LogP contribution in [-0.2, 0) is 10.0 Å². The molecule has 0 saturated heterocycles. The first-order chi connectivity index (χ1) is 8.90. The summed E-state index contributed by atoms with van der Waals surface area (Å²) in [5.74, 6) is 0. The predicted octanol–water partition coefficient (Wildman–Crippen LogP) is 3.40. The fourth-order valence-electron chi connectivity index (χ4n) is 2.00. The molecule has 102 valence electrons. The topological polar surface area (TPSA) is 46.2 Å². The van der Waals surface area contributed by atoms with Crippen molar-refractivity contribution in [2.24, 2.45) is 0 Å². The fourth-order valence-corrected chi connectivity index (χ4v) is 4.23. The van der Waals surface area contributed by atoms with Crippen LogP contribution in [0.1, 0.15) is 29.7 Å². The van der Waals surface area contributed by atoms with Crippen molar-refractivity contribution in [1.29, 1.82) is 0 Å². The maximum atomic E-state index is 12.2. The van der Waals surface area contributed by atoms with Crippen LogP contribution in [0.2, 0.25) is 0 Å². The molecule has 19 heavy (non-hydrogen) atoms. The summed E-state index contributed by atoms with van der Waals surface area (Å²) in [6.45, 7) is 5.86. The Kier molecular flexibility index (Phi) is 4.08. The highest BCUT2D eigenvalue weighted by Crippen LogP contribution is 2.23. The molecule has 0 fully saturated rings. The molecular formula is C14H17NO2S2. The minimum atomic E-state index is -3.43. The van der Waals surface area contributed by atoms with Crippen LogP contribution >= 0.6 is 11.3 Å². The average Bonchev–Trinajstić information content (AvgIpc) is 2.86. The minimum absolute atomic E-state index is 0.244. The lowest BCUT2D eigenvalue weighted by Crippen LogP contribution is -2.26. The Labute approximate surface area is 118 Å². The van der Waals surface area contributed by atoms with Gasteiger partial charge in [0, 0.05) is 6.04 Å². The van der Waals surface area contributed by atoms with E-state index in [4.69, 9.17) is 0 Å². The summed E-state index contributed by atoms with van der Waals surface area (Å²) in [5, 5.41) is 1.76. The lowest BCUT2D eigenvalue weighted by molar-refractivity contribution is 0.568. The van der Waals surface area contributed by atoms with Crippen molar-refractivity contribution in [3.8, 4) is 0 Å². The Hall–Kier alpha value is -1.17. The minimum Gasteiger partial charge on any atom is -0.206 e. The summed E-state index contributed by atoms with van der Waals surface area (Å²) in [5.41, 5.74) is 3.23. The van der Waals surface area contributed by atoms with E-state index < -0.39 is 10.0 Å². The number of rotatable bonds is 4. The van der Waals surface area contributed by atoms with Gasteiger partial charge in [0.2, 0.25) is 0 Å². The van der Waals surface area contributed by atoms with Crippen LogP contribution in [0.5, 0.6) is 0 Å². The summed E-state index contributed by atoms with van der Waals surface area (Å²) in [7, 11) is -3.43. The molecule has 0 amide bonds. The van der Waals surface area contributed by atoms with E-state index in [9.17, 15) is 8.42 Å². The van der Waals surface area contributed by atoms with Gasteiger partial charge in [0.05, 0.1) is 0 Å². The normalized spacial score (nSPS) is 13.4. The predicted molar refractivity (Wildman–Crippen MR) is 79.0 cm³/mol. The molecule has 1 atom stereocenters. The molecule has 0 radical (unpaired) electrons. The van der Waals surface area contributed by atoms with Crippen LogP contribution in [0.25, 0.3) is 0 Å². The average molecular weight is 295 g/mol. The third kappa shape index (κ3) is 3.23. The molecular weight excluding hydrogens is 278 g/mol. The second kappa shape index (κ2) is 5.45. The SMILES string of the molecule is Cc1ccc(C)c(C(C)NS(=O)(=O)c2cccs2)c1. The van der Waals surface area contributed by atoms with Crippen molar-refractivity contribution in [2.75, 3.05) is 0 Å². The van der Waals surface area contributed by atoms with Gasteiger partial charge in [-0.3, -0.25) is 0 Å². The molecule has 1 heterocycles. The van der Waals surface area contributed by atoms with Crippen LogP contribution in [0.4, 0.5) is 0 Å². The van der Waals surface area contributed by atoms with Gasteiger partial charge in [0.1, 0.15) is 4.21 Å². The van der Waals surface area contributed by atoms with Crippen molar-refractivity contribution in [3.63, 3.8) is 0 Å². The number of benzene rings is 1. The zero-order chi connectivity index (χ0) is 14.0. The van der Waals surface area contributed by atoms with E-state index in [1.54, 1.807) is 17.5 Å². The Morgan fingerprint density at radius 3 is 2.58 bits per heavy atom. The van der Waals surface area contributed by atoms with Crippen molar-refractivity contribution in [1.82, 2.24) is 4.72 Å². The van der Waals surface area contributed by atoms with Gasteiger partial charge in [-0.2, -0.15) is 0 Å². The summed E-state index contributed by atoms with van der Waals surface area (Å²) >= 11 is 1.22. The highest BCUT2D eigenvalue weighted by molar-refractivity contribution is 7.91. The van der Waals surface area contributed by atoms with Gasteiger partial charge in [0.25, 0.3) is 10.0 Å². The molecule has 0 aliphatic rings. The van der Waals surface area contributed by atoms with Crippen LogP contribution in [0.3, 0.4) is 0 Å². The molecule has 0 saturated carbocycles. The van der Waals surface area contributed by atoms with Crippen molar-refractivity contribution in [2.45, 2.75) is 31.0 Å². The Balaban J connectivity index is 2.26. The molecule has 2 rings (SSSR count). The Morgan fingerprint density at radius 1 is 1.21 bits per heavy atom. The van der Waals surface area contributed by atoms with Crippen LogP contribution in [-0.4, -0.2) is 8.42 Å². The molecule has 1 aromatic heterocycles. The standard InChI is InChI=1S/C14H17NO2S2/c1-10-6-7-11(2)13(9-10)12(3)15-19(16,17)14-5-4-8-18-14/h4-9,12,15H,1-3H3. The van der Waals surface area contributed by atoms with E-state index in [2.05, 4.69) is 4.72 Å². The number of hydrogen-bond donors (Lipinski definition) is 1. The molecule has 1 N–H and O–H groups in total. The van der Waals surface area contributed by atoms with Gasteiger partial charge in [-0.15, -0.1) is 11.3 Å². The van der Waals surface area contributed by atoms with E-state index in [1.807, 2.05) is 39.0 Å². The van der Waals surface area contributed by atoms with Gasteiger partial charge < -0.3 is 0 Å². The number of sulfonamides is 1. The van der Waals surface area contributed by atoms with E-state index in [1.165, 1.54) is 11.3 Å². The first kappa shape index (κ1) is 14.2. The molecule has 5 heteroatoms. The second-order valence-electron chi connectivity index (χ2n) is 4.64. The van der Waals surface area contributed by atoms with Crippen LogP contribution in [0, 0.1) is 13.8 Å². The number of nitrogens with one attached hydrogen (secondary N) is 1. The summed E-state index contributed by atoms with van der Waals surface area (Å²) in [6, 6.07) is 9.17. The van der Waals surface area contributed by atoms with E-state index >= 15 is 0 Å². The molecule has 3 nitrogen and oxygen atoms in total. The zero-order valence-corrected chi connectivity index (χ0v) is 12.8. The highest BCUT2D eigenvalue weighted by atomic mass is 32.2. The first-order valence-electron chi connectivity index (χ1n) is 6.03. The smallest absolute Gasteiger partial charge is 0.206 e. The third-order valence-corrected chi connectivity index (χ3v) is 5.93. The van der Waals surface area contributed by atoms with Gasteiger partial charge in [0.15, 0.2) is 0 Å². The van der Waals surface area contributed by atoms with E-state index in [-0.39, 0.29) is 6.04 Å². The molecule has 0 bridgehead atoms. The number of aryl methyl sites for hydroxylation is 2. The van der Waals surface area contributed by atoms with Gasteiger partial charge in [-0.25, -0.2) is 13.1 Å². The zero-order valence-electron chi connectivity index (χ0n) is 11.2. The summed E-state index contributed by atoms with van der Waals surface area (Å²) in [6.07, 6.45) is 0. The maximum absolute atomic E-state index is 12.2. The Bertz CT molecular complexity index is 661. The highest BCUT2D eigenvalue weighted by Gasteiger charge is 2.20. The maximum Gasteiger partial charge on any atom is 0.250 e. The molecule has 2 aromatic rings. The molecule has 1 unspecified atom stereocenters. The summed E-state index contributed by atoms with van der Waals surface area (Å²) < 4.78 is 27.4. The second-order valence-corrected chi connectivity index (χ2v) is 7.52.